The second kappa shape index (κ2) is 4.32. The molecule has 2 aliphatic carbocycles. The maximum absolute atomic E-state index is 5.31. The van der Waals surface area contributed by atoms with Gasteiger partial charge in [-0.2, -0.15) is 5.10 Å². The molecule has 0 heterocycles. The summed E-state index contributed by atoms with van der Waals surface area (Å²) in [5, 5.41) is 4.28. The highest BCUT2D eigenvalue weighted by molar-refractivity contribution is 7.80. The van der Waals surface area contributed by atoms with Crippen molar-refractivity contribution < 1.29 is 0 Å². The Labute approximate surface area is 103 Å². The molecule has 90 valence electrons. The molecule has 0 radical (unpaired) electrons. The van der Waals surface area contributed by atoms with Crippen LogP contribution in [0.3, 0.4) is 0 Å². The van der Waals surface area contributed by atoms with Crippen LogP contribution in [0.5, 0.6) is 0 Å². The van der Waals surface area contributed by atoms with Gasteiger partial charge in [-0.05, 0) is 61.1 Å². The highest BCUT2D eigenvalue weighted by atomic mass is 32.1. The Hall–Kier alpha value is -0.640. The van der Waals surface area contributed by atoms with Gasteiger partial charge in [0.25, 0.3) is 0 Å². The van der Waals surface area contributed by atoms with Crippen molar-refractivity contribution in [3.05, 3.63) is 0 Å². The van der Waals surface area contributed by atoms with E-state index in [0.717, 1.165) is 24.2 Å². The topological polar surface area (TPSA) is 50.4 Å². The number of hydrogen-bond donors (Lipinski definition) is 2. The van der Waals surface area contributed by atoms with Crippen molar-refractivity contribution in [1.29, 1.82) is 0 Å². The quantitative estimate of drug-likeness (QED) is 0.451. The molecule has 0 aliphatic heterocycles. The normalized spacial score (nSPS) is 35.8. The largest absolute Gasteiger partial charge is 0.375 e. The van der Waals surface area contributed by atoms with E-state index in [1.165, 1.54) is 19.3 Å². The van der Waals surface area contributed by atoms with Crippen molar-refractivity contribution in [2.75, 3.05) is 0 Å². The number of nitrogens with one attached hydrogen (secondary N) is 1. The number of rotatable bonds is 3. The zero-order valence-electron chi connectivity index (χ0n) is 10.1. The number of hydrogen-bond acceptors (Lipinski definition) is 2. The van der Waals surface area contributed by atoms with Crippen molar-refractivity contribution in [2.45, 2.75) is 39.5 Å². The Morgan fingerprint density at radius 3 is 2.88 bits per heavy atom. The van der Waals surface area contributed by atoms with E-state index >= 15 is 0 Å². The van der Waals surface area contributed by atoms with Crippen LogP contribution in [0.1, 0.15) is 39.5 Å². The van der Waals surface area contributed by atoms with Crippen LogP contribution in [0.15, 0.2) is 5.10 Å². The van der Waals surface area contributed by atoms with Gasteiger partial charge >= 0.3 is 0 Å². The molecular formula is C12H21N3S. The molecule has 3 atom stereocenters. The predicted octanol–water partition coefficient (Wildman–Crippen LogP) is 2.27. The number of hydrazone groups is 1. The van der Waals surface area contributed by atoms with Crippen LogP contribution in [0.2, 0.25) is 0 Å². The summed E-state index contributed by atoms with van der Waals surface area (Å²) in [4.78, 5) is 0. The summed E-state index contributed by atoms with van der Waals surface area (Å²) in [5.41, 5.74) is 8.41. The molecule has 2 saturated carbocycles. The maximum Gasteiger partial charge on any atom is 0.184 e. The third-order valence-electron chi connectivity index (χ3n) is 4.68. The number of nitrogens with zero attached hydrogens (tertiary/aromatic N) is 1. The molecule has 2 bridgehead atoms. The Morgan fingerprint density at radius 2 is 2.31 bits per heavy atom. The van der Waals surface area contributed by atoms with E-state index in [0.29, 0.717) is 5.41 Å². The van der Waals surface area contributed by atoms with Crippen LogP contribution in [-0.2, 0) is 0 Å². The fraction of sp³-hybridized carbons (Fsp3) is 0.833. The van der Waals surface area contributed by atoms with Crippen LogP contribution in [0.4, 0.5) is 0 Å². The molecule has 0 unspecified atom stereocenters. The van der Waals surface area contributed by atoms with Gasteiger partial charge in [-0.15, -0.1) is 0 Å². The van der Waals surface area contributed by atoms with E-state index in [1.807, 2.05) is 6.21 Å². The SMILES string of the molecule is CC1(C)[C@@H]2CC[C@@H](C2)[C@H]1C/C=N\NC(N)=S. The van der Waals surface area contributed by atoms with E-state index in [1.54, 1.807) is 0 Å². The maximum atomic E-state index is 5.31. The highest BCUT2D eigenvalue weighted by Gasteiger charge is 2.51. The van der Waals surface area contributed by atoms with E-state index in [9.17, 15) is 0 Å². The van der Waals surface area contributed by atoms with Crippen LogP contribution >= 0.6 is 12.2 Å². The monoisotopic (exact) mass is 239 g/mol. The lowest BCUT2D eigenvalue weighted by Crippen LogP contribution is -2.31. The van der Waals surface area contributed by atoms with Gasteiger partial charge in [0.1, 0.15) is 0 Å². The zero-order chi connectivity index (χ0) is 11.8. The van der Waals surface area contributed by atoms with E-state index in [4.69, 9.17) is 18.0 Å². The first-order valence-corrected chi connectivity index (χ1v) is 6.49. The molecule has 2 fully saturated rings. The Balaban J connectivity index is 1.90. The van der Waals surface area contributed by atoms with Gasteiger partial charge in [0, 0.05) is 6.21 Å². The van der Waals surface area contributed by atoms with Crippen LogP contribution < -0.4 is 11.2 Å². The molecule has 4 heteroatoms. The molecule has 0 aromatic rings. The Bertz CT molecular complexity index is 311. The third kappa shape index (κ3) is 2.08. The first-order valence-electron chi connectivity index (χ1n) is 6.08. The average Bonchev–Trinajstić information content (AvgIpc) is 2.72. The standard InChI is InChI=1S/C12H21N3S/c1-12(2)9-4-3-8(7-9)10(12)5-6-14-15-11(13)16/h6,8-10H,3-5,7H2,1-2H3,(H3,13,15,16)/b14-6-/t8-,9+,10+/m0/s1. The first kappa shape index (κ1) is 11.8. The summed E-state index contributed by atoms with van der Waals surface area (Å²) < 4.78 is 0. The van der Waals surface area contributed by atoms with Gasteiger partial charge in [-0.3, -0.25) is 5.43 Å². The number of fused-ring (bicyclic) bond motifs is 2. The smallest absolute Gasteiger partial charge is 0.184 e. The minimum atomic E-state index is 0.239. The lowest BCUT2D eigenvalue weighted by atomic mass is 9.68. The molecule has 2 rings (SSSR count). The summed E-state index contributed by atoms with van der Waals surface area (Å²) in [5.74, 6) is 2.62. The highest BCUT2D eigenvalue weighted by Crippen LogP contribution is 2.60. The third-order valence-corrected chi connectivity index (χ3v) is 4.77. The minimum absolute atomic E-state index is 0.239. The molecular weight excluding hydrogens is 218 g/mol. The van der Waals surface area contributed by atoms with E-state index in [-0.39, 0.29) is 5.11 Å². The van der Waals surface area contributed by atoms with Gasteiger partial charge in [-0.1, -0.05) is 13.8 Å². The van der Waals surface area contributed by atoms with Crippen LogP contribution in [-0.4, -0.2) is 11.3 Å². The fourth-order valence-corrected chi connectivity index (χ4v) is 3.79. The minimum Gasteiger partial charge on any atom is -0.375 e. The second-order valence-electron chi connectivity index (χ2n) is 5.72. The van der Waals surface area contributed by atoms with Gasteiger partial charge in [0.15, 0.2) is 5.11 Å². The average molecular weight is 239 g/mol. The second-order valence-corrected chi connectivity index (χ2v) is 6.16. The van der Waals surface area contributed by atoms with Crippen molar-refractivity contribution in [1.82, 2.24) is 5.43 Å². The van der Waals surface area contributed by atoms with Crippen molar-refractivity contribution in [3.8, 4) is 0 Å². The van der Waals surface area contributed by atoms with E-state index in [2.05, 4.69) is 24.4 Å². The zero-order valence-corrected chi connectivity index (χ0v) is 10.9. The molecule has 3 nitrogen and oxygen atoms in total. The number of nitrogens with two attached hydrogens (primary N) is 1. The van der Waals surface area contributed by atoms with Gasteiger partial charge in [0.2, 0.25) is 0 Å². The summed E-state index contributed by atoms with van der Waals surface area (Å²) in [6.07, 6.45) is 7.25. The van der Waals surface area contributed by atoms with E-state index < -0.39 is 0 Å². The van der Waals surface area contributed by atoms with Crippen molar-refractivity contribution in [3.63, 3.8) is 0 Å². The van der Waals surface area contributed by atoms with Crippen molar-refractivity contribution >= 4 is 23.5 Å². The number of thiocarbonyl (C=S) groups is 1. The Morgan fingerprint density at radius 1 is 1.56 bits per heavy atom. The van der Waals surface area contributed by atoms with Crippen molar-refractivity contribution in [2.24, 2.45) is 34.0 Å². The fourth-order valence-electron chi connectivity index (χ4n) is 3.74. The van der Waals surface area contributed by atoms with Crippen LogP contribution in [0, 0.1) is 23.2 Å². The molecule has 0 saturated heterocycles. The summed E-state index contributed by atoms with van der Waals surface area (Å²) >= 11 is 4.69. The first-order chi connectivity index (χ1) is 7.51. The lowest BCUT2D eigenvalue weighted by Gasteiger charge is -2.37. The van der Waals surface area contributed by atoms with Gasteiger partial charge in [-0.25, -0.2) is 0 Å². The molecule has 2 aliphatic rings. The summed E-state index contributed by atoms with van der Waals surface area (Å²) in [6, 6.07) is 0. The molecule has 0 aromatic carbocycles. The van der Waals surface area contributed by atoms with Crippen LogP contribution in [0.25, 0.3) is 0 Å². The summed E-state index contributed by atoms with van der Waals surface area (Å²) in [7, 11) is 0. The van der Waals surface area contributed by atoms with Gasteiger partial charge < -0.3 is 5.73 Å². The lowest BCUT2D eigenvalue weighted by molar-refractivity contribution is 0.129. The molecule has 0 spiro atoms. The molecule has 0 aromatic heterocycles. The predicted molar refractivity (Wildman–Crippen MR) is 71.1 cm³/mol. The molecule has 0 amide bonds. The summed E-state index contributed by atoms with van der Waals surface area (Å²) in [6.45, 7) is 4.83. The Kier molecular flexibility index (Phi) is 3.19. The molecule has 3 N–H and O–H groups in total. The van der Waals surface area contributed by atoms with Gasteiger partial charge in [0.05, 0.1) is 0 Å². The molecule has 16 heavy (non-hydrogen) atoms.